The number of nitrogens with two attached hydrogens (primary N) is 1. The lowest BCUT2D eigenvalue weighted by Gasteiger charge is -2.27. The van der Waals surface area contributed by atoms with Crippen molar-refractivity contribution >= 4 is 16.0 Å². The third kappa shape index (κ3) is 3.32. The molecule has 1 heterocycles. The van der Waals surface area contributed by atoms with Crippen molar-refractivity contribution in [2.75, 3.05) is 13.1 Å². The zero-order chi connectivity index (χ0) is 12.2. The highest BCUT2D eigenvalue weighted by Gasteiger charge is 2.26. The Hall–Kier alpha value is -0.860. The van der Waals surface area contributed by atoms with Gasteiger partial charge in [-0.2, -0.15) is 17.4 Å². The van der Waals surface area contributed by atoms with Crippen molar-refractivity contribution in [1.82, 2.24) is 9.03 Å². The normalized spacial score (nSPS) is 21.9. The van der Waals surface area contributed by atoms with Crippen molar-refractivity contribution in [3.63, 3.8) is 0 Å². The minimum Gasteiger partial charge on any atom is -0.409 e. The molecule has 0 aliphatic carbocycles. The summed E-state index contributed by atoms with van der Waals surface area (Å²) in [6.45, 7) is 2.58. The lowest BCUT2D eigenvalue weighted by Crippen LogP contribution is -2.50. The SMILES string of the molecule is CC(NS(=O)(=O)N1CCCCC1)/C(N)=N/O. The van der Waals surface area contributed by atoms with Crippen LogP contribution in [0.1, 0.15) is 26.2 Å². The van der Waals surface area contributed by atoms with Crippen LogP contribution in [-0.2, 0) is 10.2 Å². The first-order chi connectivity index (χ1) is 7.47. The predicted molar refractivity (Wildman–Crippen MR) is 60.4 cm³/mol. The Morgan fingerprint density at radius 3 is 2.50 bits per heavy atom. The van der Waals surface area contributed by atoms with E-state index in [4.69, 9.17) is 10.9 Å². The molecule has 4 N–H and O–H groups in total. The Morgan fingerprint density at radius 2 is 2.00 bits per heavy atom. The van der Waals surface area contributed by atoms with Gasteiger partial charge >= 0.3 is 0 Å². The summed E-state index contributed by atoms with van der Waals surface area (Å²) in [6.07, 6.45) is 2.81. The van der Waals surface area contributed by atoms with E-state index in [1.54, 1.807) is 0 Å². The van der Waals surface area contributed by atoms with E-state index in [0.29, 0.717) is 13.1 Å². The van der Waals surface area contributed by atoms with Gasteiger partial charge in [-0.05, 0) is 19.8 Å². The summed E-state index contributed by atoms with van der Waals surface area (Å²) in [7, 11) is -3.53. The average Bonchev–Trinajstić information content (AvgIpc) is 2.28. The van der Waals surface area contributed by atoms with Crippen LogP contribution in [0.25, 0.3) is 0 Å². The fraction of sp³-hybridized carbons (Fsp3) is 0.875. The van der Waals surface area contributed by atoms with Crippen LogP contribution in [0, 0.1) is 0 Å². The van der Waals surface area contributed by atoms with Crippen LogP contribution in [-0.4, -0.2) is 42.9 Å². The third-order valence-electron chi connectivity index (χ3n) is 2.54. The smallest absolute Gasteiger partial charge is 0.280 e. The summed E-state index contributed by atoms with van der Waals surface area (Å²) in [5.74, 6) is -0.152. The number of rotatable bonds is 4. The van der Waals surface area contributed by atoms with Gasteiger partial charge in [-0.3, -0.25) is 0 Å². The van der Waals surface area contributed by atoms with Gasteiger partial charge in [0.2, 0.25) is 0 Å². The van der Waals surface area contributed by atoms with Crippen molar-refractivity contribution in [3.8, 4) is 0 Å². The Bertz CT molecular complexity index is 348. The summed E-state index contributed by atoms with van der Waals surface area (Å²) in [4.78, 5) is 0. The van der Waals surface area contributed by atoms with Crippen LogP contribution in [0.5, 0.6) is 0 Å². The number of piperidine rings is 1. The summed E-state index contributed by atoms with van der Waals surface area (Å²) in [6, 6.07) is -0.711. The molecule has 16 heavy (non-hydrogen) atoms. The van der Waals surface area contributed by atoms with Crippen LogP contribution < -0.4 is 10.5 Å². The fourth-order valence-corrected chi connectivity index (χ4v) is 3.01. The van der Waals surface area contributed by atoms with E-state index >= 15 is 0 Å². The molecule has 0 spiro atoms. The van der Waals surface area contributed by atoms with E-state index in [1.165, 1.54) is 11.2 Å². The number of oxime groups is 1. The molecule has 0 saturated carbocycles. The van der Waals surface area contributed by atoms with Crippen molar-refractivity contribution in [2.45, 2.75) is 32.2 Å². The molecular formula is C8H18N4O3S. The summed E-state index contributed by atoms with van der Waals surface area (Å²) < 4.78 is 27.4. The number of nitrogens with zero attached hydrogens (tertiary/aromatic N) is 2. The molecule has 1 aliphatic rings. The van der Waals surface area contributed by atoms with Crippen LogP contribution >= 0.6 is 0 Å². The first-order valence-corrected chi connectivity index (χ1v) is 6.66. The maximum absolute atomic E-state index is 11.8. The Balaban J connectivity index is 2.63. The van der Waals surface area contributed by atoms with Crippen LogP contribution in [0.15, 0.2) is 5.16 Å². The zero-order valence-electron chi connectivity index (χ0n) is 9.26. The second kappa shape index (κ2) is 5.46. The van der Waals surface area contributed by atoms with Gasteiger partial charge in [-0.25, -0.2) is 0 Å². The molecule has 7 nitrogen and oxygen atoms in total. The highest BCUT2D eigenvalue weighted by molar-refractivity contribution is 7.87. The number of amidine groups is 1. The van der Waals surface area contributed by atoms with Gasteiger partial charge in [0.1, 0.15) is 0 Å². The van der Waals surface area contributed by atoms with E-state index in [1.807, 2.05) is 0 Å². The summed E-state index contributed by atoms with van der Waals surface area (Å²) >= 11 is 0. The standard InChI is InChI=1S/C8H18N4O3S/c1-7(8(9)10-13)11-16(14,15)12-5-3-2-4-6-12/h7,11,13H,2-6H2,1H3,(H2,9,10). The molecule has 0 aromatic heterocycles. The largest absolute Gasteiger partial charge is 0.409 e. The van der Waals surface area contributed by atoms with E-state index in [-0.39, 0.29) is 5.84 Å². The second-order valence-electron chi connectivity index (χ2n) is 3.83. The molecule has 8 heteroatoms. The summed E-state index contributed by atoms with van der Waals surface area (Å²) in [5, 5.41) is 11.2. The minimum absolute atomic E-state index is 0.152. The molecule has 0 bridgehead atoms. The molecule has 0 amide bonds. The molecule has 1 fully saturated rings. The van der Waals surface area contributed by atoms with Gasteiger partial charge in [0.05, 0.1) is 6.04 Å². The number of nitrogens with one attached hydrogen (secondary N) is 1. The van der Waals surface area contributed by atoms with E-state index < -0.39 is 16.3 Å². The fourth-order valence-electron chi connectivity index (χ4n) is 1.55. The van der Waals surface area contributed by atoms with Crippen molar-refractivity contribution < 1.29 is 13.6 Å². The molecule has 1 atom stereocenters. The van der Waals surface area contributed by atoms with Crippen LogP contribution in [0.4, 0.5) is 0 Å². The first-order valence-electron chi connectivity index (χ1n) is 5.22. The van der Waals surface area contributed by atoms with Gasteiger partial charge in [-0.15, -0.1) is 0 Å². The molecule has 0 aromatic carbocycles. The molecule has 0 radical (unpaired) electrons. The molecule has 1 aliphatic heterocycles. The number of hydrogen-bond acceptors (Lipinski definition) is 4. The van der Waals surface area contributed by atoms with Gasteiger partial charge in [0, 0.05) is 13.1 Å². The molecule has 94 valence electrons. The molecule has 1 rings (SSSR count). The molecule has 1 unspecified atom stereocenters. The Labute approximate surface area is 95.5 Å². The zero-order valence-corrected chi connectivity index (χ0v) is 10.1. The minimum atomic E-state index is -3.53. The Kier molecular flexibility index (Phi) is 4.51. The predicted octanol–water partition coefficient (Wildman–Crippen LogP) is -0.558. The van der Waals surface area contributed by atoms with Crippen molar-refractivity contribution in [2.24, 2.45) is 10.9 Å². The van der Waals surface area contributed by atoms with E-state index in [9.17, 15) is 8.42 Å². The van der Waals surface area contributed by atoms with Gasteiger partial charge in [0.25, 0.3) is 10.2 Å². The van der Waals surface area contributed by atoms with E-state index in [0.717, 1.165) is 19.3 Å². The van der Waals surface area contributed by atoms with Gasteiger partial charge in [-0.1, -0.05) is 11.6 Å². The van der Waals surface area contributed by atoms with Gasteiger partial charge in [0.15, 0.2) is 5.84 Å². The van der Waals surface area contributed by atoms with Crippen LogP contribution in [0.2, 0.25) is 0 Å². The van der Waals surface area contributed by atoms with Crippen LogP contribution in [0.3, 0.4) is 0 Å². The first kappa shape index (κ1) is 13.2. The maximum atomic E-state index is 11.8. The van der Waals surface area contributed by atoms with Crippen molar-refractivity contribution in [3.05, 3.63) is 0 Å². The number of hydrogen-bond donors (Lipinski definition) is 3. The molecule has 0 aromatic rings. The highest BCUT2D eigenvalue weighted by atomic mass is 32.2. The highest BCUT2D eigenvalue weighted by Crippen LogP contribution is 2.12. The molecule has 1 saturated heterocycles. The summed E-state index contributed by atoms with van der Waals surface area (Å²) in [5.41, 5.74) is 5.31. The maximum Gasteiger partial charge on any atom is 0.280 e. The third-order valence-corrected chi connectivity index (χ3v) is 4.24. The average molecular weight is 250 g/mol. The van der Waals surface area contributed by atoms with Gasteiger partial charge < -0.3 is 10.9 Å². The molecular weight excluding hydrogens is 232 g/mol. The Morgan fingerprint density at radius 1 is 1.44 bits per heavy atom. The lowest BCUT2D eigenvalue weighted by molar-refractivity contribution is 0.315. The quantitative estimate of drug-likeness (QED) is 0.269. The topological polar surface area (TPSA) is 108 Å². The van der Waals surface area contributed by atoms with Crippen molar-refractivity contribution in [1.29, 1.82) is 0 Å². The monoisotopic (exact) mass is 250 g/mol. The second-order valence-corrected chi connectivity index (χ2v) is 5.53. The van der Waals surface area contributed by atoms with E-state index in [2.05, 4.69) is 9.88 Å². The lowest BCUT2D eigenvalue weighted by atomic mass is 10.2.